The zero-order valence-corrected chi connectivity index (χ0v) is 9.99. The van der Waals surface area contributed by atoms with Gasteiger partial charge < -0.3 is 9.30 Å². The molecule has 0 radical (unpaired) electrons. The Morgan fingerprint density at radius 2 is 2.31 bits per heavy atom. The zero-order chi connectivity index (χ0) is 11.8. The Labute approximate surface area is 95.6 Å². The summed E-state index contributed by atoms with van der Waals surface area (Å²) in [5, 5.41) is 3.19. The molecule has 0 amide bonds. The van der Waals surface area contributed by atoms with Crippen molar-refractivity contribution in [2.45, 2.75) is 39.0 Å². The van der Waals surface area contributed by atoms with Crippen molar-refractivity contribution in [2.75, 3.05) is 6.54 Å². The lowest BCUT2D eigenvalue weighted by atomic mass is 10.1. The standard InChI is InChI=1S/C12H18N2O2/c1-12(2,3)16-11(15)10-9-5-4-7-14(9)8-6-13-10/h4-5,7,10,13H,6,8H2,1-3H3. The van der Waals surface area contributed by atoms with Gasteiger partial charge in [-0.15, -0.1) is 0 Å². The Morgan fingerprint density at radius 3 is 3.00 bits per heavy atom. The van der Waals surface area contributed by atoms with E-state index in [0.717, 1.165) is 18.8 Å². The molecule has 0 spiro atoms. The molecule has 1 N–H and O–H groups in total. The lowest BCUT2D eigenvalue weighted by molar-refractivity contribution is -0.158. The number of rotatable bonds is 1. The summed E-state index contributed by atoms with van der Waals surface area (Å²) in [5.74, 6) is -0.202. The van der Waals surface area contributed by atoms with Crippen molar-refractivity contribution in [3.63, 3.8) is 0 Å². The van der Waals surface area contributed by atoms with Gasteiger partial charge in [-0.25, -0.2) is 4.79 Å². The lowest BCUT2D eigenvalue weighted by Crippen LogP contribution is -2.40. The van der Waals surface area contributed by atoms with E-state index in [1.165, 1.54) is 0 Å². The molecule has 2 heterocycles. The number of fused-ring (bicyclic) bond motifs is 1. The summed E-state index contributed by atoms with van der Waals surface area (Å²) in [6.07, 6.45) is 1.99. The molecule has 4 heteroatoms. The lowest BCUT2D eigenvalue weighted by Gasteiger charge is -2.28. The van der Waals surface area contributed by atoms with E-state index in [0.29, 0.717) is 0 Å². The number of carbonyl (C=O) groups is 1. The third-order valence-corrected chi connectivity index (χ3v) is 2.50. The second kappa shape index (κ2) is 3.94. The molecule has 0 aromatic carbocycles. The second-order valence-electron chi connectivity index (χ2n) is 5.05. The topological polar surface area (TPSA) is 43.3 Å². The SMILES string of the molecule is CC(C)(C)OC(=O)C1NCCn2cccc21. The first-order chi connectivity index (χ1) is 7.47. The molecule has 0 saturated heterocycles. The Bertz CT molecular complexity index is 390. The first-order valence-corrected chi connectivity index (χ1v) is 5.59. The van der Waals surface area contributed by atoms with E-state index in [4.69, 9.17) is 4.74 Å². The number of hydrogen-bond acceptors (Lipinski definition) is 3. The minimum atomic E-state index is -0.437. The number of nitrogens with one attached hydrogen (secondary N) is 1. The number of hydrogen-bond donors (Lipinski definition) is 1. The first-order valence-electron chi connectivity index (χ1n) is 5.59. The van der Waals surface area contributed by atoms with Crippen LogP contribution in [0.25, 0.3) is 0 Å². The third kappa shape index (κ3) is 2.27. The highest BCUT2D eigenvalue weighted by molar-refractivity contribution is 5.77. The average Bonchev–Trinajstić information content (AvgIpc) is 2.61. The monoisotopic (exact) mass is 222 g/mol. The Morgan fingerprint density at radius 1 is 1.56 bits per heavy atom. The van der Waals surface area contributed by atoms with Crippen LogP contribution < -0.4 is 5.32 Å². The van der Waals surface area contributed by atoms with Crippen LogP contribution in [0.15, 0.2) is 18.3 Å². The van der Waals surface area contributed by atoms with E-state index >= 15 is 0 Å². The van der Waals surface area contributed by atoms with E-state index < -0.39 is 5.60 Å². The average molecular weight is 222 g/mol. The molecule has 1 aliphatic heterocycles. The number of nitrogens with zero attached hydrogens (tertiary/aromatic N) is 1. The normalized spacial score (nSPS) is 20.3. The van der Waals surface area contributed by atoms with Crippen LogP contribution in [0.5, 0.6) is 0 Å². The highest BCUT2D eigenvalue weighted by atomic mass is 16.6. The van der Waals surface area contributed by atoms with Crippen molar-refractivity contribution in [3.05, 3.63) is 24.0 Å². The van der Waals surface area contributed by atoms with Crippen LogP contribution in [0.2, 0.25) is 0 Å². The Kier molecular flexibility index (Phi) is 2.76. The largest absolute Gasteiger partial charge is 0.459 e. The highest BCUT2D eigenvalue weighted by Crippen LogP contribution is 2.21. The minimum Gasteiger partial charge on any atom is -0.459 e. The van der Waals surface area contributed by atoms with Gasteiger partial charge in [0.2, 0.25) is 0 Å². The van der Waals surface area contributed by atoms with Gasteiger partial charge in [0.1, 0.15) is 11.6 Å². The number of ether oxygens (including phenoxy) is 1. The number of carbonyl (C=O) groups excluding carboxylic acids is 1. The summed E-state index contributed by atoms with van der Waals surface area (Å²) in [5.41, 5.74) is 0.550. The molecule has 0 saturated carbocycles. The van der Waals surface area contributed by atoms with E-state index in [-0.39, 0.29) is 12.0 Å². The fourth-order valence-electron chi connectivity index (χ4n) is 1.89. The van der Waals surface area contributed by atoms with Gasteiger partial charge in [0, 0.05) is 25.0 Å². The van der Waals surface area contributed by atoms with Crippen molar-refractivity contribution in [1.82, 2.24) is 9.88 Å². The van der Waals surface area contributed by atoms with Crippen LogP contribution in [-0.4, -0.2) is 22.7 Å². The van der Waals surface area contributed by atoms with Gasteiger partial charge >= 0.3 is 5.97 Å². The molecule has 88 valence electrons. The van der Waals surface area contributed by atoms with Crippen molar-refractivity contribution < 1.29 is 9.53 Å². The summed E-state index contributed by atoms with van der Waals surface area (Å²) >= 11 is 0. The molecular weight excluding hydrogens is 204 g/mol. The van der Waals surface area contributed by atoms with Gasteiger partial charge in [0.25, 0.3) is 0 Å². The minimum absolute atomic E-state index is 0.202. The van der Waals surface area contributed by atoms with Crippen LogP contribution in [0.1, 0.15) is 32.5 Å². The summed E-state index contributed by atoms with van der Waals surface area (Å²) < 4.78 is 7.48. The fourth-order valence-corrected chi connectivity index (χ4v) is 1.89. The van der Waals surface area contributed by atoms with Crippen molar-refractivity contribution in [2.24, 2.45) is 0 Å². The van der Waals surface area contributed by atoms with E-state index in [1.54, 1.807) is 0 Å². The van der Waals surface area contributed by atoms with Gasteiger partial charge in [-0.05, 0) is 32.9 Å². The number of aromatic nitrogens is 1. The molecular formula is C12H18N2O2. The Balaban J connectivity index is 2.15. The molecule has 1 atom stereocenters. The molecule has 0 bridgehead atoms. The van der Waals surface area contributed by atoms with Crippen LogP contribution in [0, 0.1) is 0 Å². The quantitative estimate of drug-likeness (QED) is 0.732. The highest BCUT2D eigenvalue weighted by Gasteiger charge is 2.30. The smallest absolute Gasteiger partial charge is 0.329 e. The van der Waals surface area contributed by atoms with Crippen LogP contribution in [-0.2, 0) is 16.1 Å². The summed E-state index contributed by atoms with van der Waals surface area (Å²) in [7, 11) is 0. The molecule has 0 fully saturated rings. The summed E-state index contributed by atoms with van der Waals surface area (Å²) in [6.45, 7) is 7.35. The van der Waals surface area contributed by atoms with E-state index in [9.17, 15) is 4.79 Å². The first kappa shape index (κ1) is 11.2. The molecule has 4 nitrogen and oxygen atoms in total. The fraction of sp³-hybridized carbons (Fsp3) is 0.583. The predicted octanol–water partition coefficient (Wildman–Crippen LogP) is 1.47. The summed E-state index contributed by atoms with van der Waals surface area (Å²) in [4.78, 5) is 12.0. The maximum atomic E-state index is 12.0. The van der Waals surface area contributed by atoms with Gasteiger partial charge in [0.15, 0.2) is 0 Å². The van der Waals surface area contributed by atoms with Crippen LogP contribution >= 0.6 is 0 Å². The molecule has 16 heavy (non-hydrogen) atoms. The van der Waals surface area contributed by atoms with Crippen LogP contribution in [0.3, 0.4) is 0 Å². The second-order valence-corrected chi connectivity index (χ2v) is 5.05. The third-order valence-electron chi connectivity index (χ3n) is 2.50. The number of esters is 1. The van der Waals surface area contributed by atoms with Gasteiger partial charge in [-0.3, -0.25) is 5.32 Å². The maximum absolute atomic E-state index is 12.0. The van der Waals surface area contributed by atoms with Gasteiger partial charge in [-0.2, -0.15) is 0 Å². The molecule has 0 aliphatic carbocycles. The van der Waals surface area contributed by atoms with Crippen LogP contribution in [0.4, 0.5) is 0 Å². The van der Waals surface area contributed by atoms with Crippen molar-refractivity contribution >= 4 is 5.97 Å². The predicted molar refractivity (Wildman–Crippen MR) is 61.0 cm³/mol. The molecule has 2 rings (SSSR count). The molecule has 1 unspecified atom stereocenters. The van der Waals surface area contributed by atoms with Crippen molar-refractivity contribution in [3.8, 4) is 0 Å². The van der Waals surface area contributed by atoms with Crippen molar-refractivity contribution in [1.29, 1.82) is 0 Å². The van der Waals surface area contributed by atoms with Gasteiger partial charge in [0.05, 0.1) is 0 Å². The molecule has 1 aliphatic rings. The molecule has 1 aromatic rings. The van der Waals surface area contributed by atoms with E-state index in [2.05, 4.69) is 9.88 Å². The maximum Gasteiger partial charge on any atom is 0.329 e. The van der Waals surface area contributed by atoms with E-state index in [1.807, 2.05) is 39.1 Å². The summed E-state index contributed by atoms with van der Waals surface area (Å²) in [6, 6.07) is 3.59. The zero-order valence-electron chi connectivity index (χ0n) is 9.99. The molecule has 1 aromatic heterocycles. The van der Waals surface area contributed by atoms with Gasteiger partial charge in [-0.1, -0.05) is 0 Å². The Hall–Kier alpha value is -1.29.